The first kappa shape index (κ1) is 29.4. The van der Waals surface area contributed by atoms with Crippen molar-refractivity contribution in [2.45, 2.75) is 62.9 Å². The molecule has 4 nitrogen and oxygen atoms in total. The fourth-order valence-corrected chi connectivity index (χ4v) is 5.70. The smallest absolute Gasteiger partial charge is 0.307 e. The second-order valence-electron chi connectivity index (χ2n) is 11.1. The highest BCUT2D eigenvalue weighted by Gasteiger charge is 2.26. The molecular formula is C35H36ClNO3S. The number of aliphatic hydroxyl groups excluding tert-OH is 1. The van der Waals surface area contributed by atoms with Gasteiger partial charge in [0.05, 0.1) is 17.3 Å². The Morgan fingerprint density at radius 1 is 1.05 bits per heavy atom. The number of aliphatic hydroxyl groups is 1. The number of halogens is 1. The lowest BCUT2D eigenvalue weighted by atomic mass is 9.83. The summed E-state index contributed by atoms with van der Waals surface area (Å²) in [5.74, 6) is 0.382. The SMILES string of the molecule is CC(O)Cc1ccccc1C(CCC(S)OC(=O)CC1CC1)c1cccc(/C=C/c2ccc3ccc(Cl)cc3n2)c1. The summed E-state index contributed by atoms with van der Waals surface area (Å²) < 4.78 is 5.63. The van der Waals surface area contributed by atoms with E-state index in [1.54, 1.807) is 0 Å². The van der Waals surface area contributed by atoms with E-state index in [-0.39, 0.29) is 11.9 Å². The molecule has 3 unspecified atom stereocenters. The van der Waals surface area contributed by atoms with E-state index < -0.39 is 11.5 Å². The minimum absolute atomic E-state index is 0.0519. The number of rotatable bonds is 12. The van der Waals surface area contributed by atoms with Crippen LogP contribution in [0, 0.1) is 5.92 Å². The standard InChI is InChI=1S/C35H36ClNO3S/c1-23(38)19-27-6-2-3-8-31(27)32(17-18-35(41)40-34(39)21-25-9-10-25)28-7-4-5-24(20-28)11-15-30-16-13-26-12-14-29(36)22-33(26)37-30/h2-8,11-16,20,22-23,25,32,35,38,41H,9-10,17-19,21H2,1H3/b15-11+. The fourth-order valence-electron chi connectivity index (χ4n) is 5.27. The highest BCUT2D eigenvalue weighted by molar-refractivity contribution is 7.80. The van der Waals surface area contributed by atoms with E-state index in [1.165, 1.54) is 5.56 Å². The lowest BCUT2D eigenvalue weighted by Gasteiger charge is -2.24. The van der Waals surface area contributed by atoms with Crippen LogP contribution in [-0.4, -0.2) is 27.6 Å². The Morgan fingerprint density at radius 3 is 2.66 bits per heavy atom. The van der Waals surface area contributed by atoms with Crippen molar-refractivity contribution >= 4 is 53.3 Å². The summed E-state index contributed by atoms with van der Waals surface area (Å²) in [4.78, 5) is 17.0. The number of esters is 1. The quantitative estimate of drug-likeness (QED) is 0.0994. The fraction of sp³-hybridized carbons (Fsp3) is 0.314. The van der Waals surface area contributed by atoms with Crippen LogP contribution in [0.2, 0.25) is 5.02 Å². The summed E-state index contributed by atoms with van der Waals surface area (Å²) in [5, 5.41) is 11.9. The normalized spacial score (nSPS) is 15.6. The maximum atomic E-state index is 12.3. The van der Waals surface area contributed by atoms with Crippen molar-refractivity contribution in [3.05, 3.63) is 112 Å². The van der Waals surface area contributed by atoms with E-state index in [9.17, 15) is 9.90 Å². The number of fused-ring (bicyclic) bond motifs is 1. The molecule has 6 heteroatoms. The van der Waals surface area contributed by atoms with Crippen LogP contribution in [0.1, 0.15) is 72.9 Å². The second kappa shape index (κ2) is 13.7. The van der Waals surface area contributed by atoms with Crippen molar-refractivity contribution in [2.24, 2.45) is 5.92 Å². The van der Waals surface area contributed by atoms with Crippen molar-refractivity contribution in [2.75, 3.05) is 0 Å². The molecule has 1 saturated carbocycles. The van der Waals surface area contributed by atoms with Gasteiger partial charge in [-0.15, -0.1) is 12.6 Å². The number of carbonyl (C=O) groups is 1. The van der Waals surface area contributed by atoms with Gasteiger partial charge in [-0.05, 0) is 91.5 Å². The number of carbonyl (C=O) groups excluding carboxylic acids is 1. The highest BCUT2D eigenvalue weighted by Crippen LogP contribution is 2.35. The molecule has 41 heavy (non-hydrogen) atoms. The monoisotopic (exact) mass is 585 g/mol. The third kappa shape index (κ3) is 8.45. The average molecular weight is 586 g/mol. The summed E-state index contributed by atoms with van der Waals surface area (Å²) in [5.41, 5.74) is 5.78. The van der Waals surface area contributed by atoms with Crippen LogP contribution >= 0.6 is 24.2 Å². The predicted octanol–water partition coefficient (Wildman–Crippen LogP) is 8.49. The third-order valence-electron chi connectivity index (χ3n) is 7.50. The van der Waals surface area contributed by atoms with Gasteiger partial charge < -0.3 is 9.84 Å². The Labute approximate surface area is 252 Å². The minimum Gasteiger partial charge on any atom is -0.452 e. The van der Waals surface area contributed by atoms with E-state index >= 15 is 0 Å². The third-order valence-corrected chi connectivity index (χ3v) is 8.10. The van der Waals surface area contributed by atoms with Gasteiger partial charge in [-0.25, -0.2) is 4.98 Å². The second-order valence-corrected chi connectivity index (χ2v) is 12.1. The number of pyridine rings is 1. The van der Waals surface area contributed by atoms with E-state index in [0.717, 1.165) is 52.5 Å². The molecule has 4 aromatic rings. The molecule has 1 heterocycles. The molecule has 1 aliphatic carbocycles. The zero-order chi connectivity index (χ0) is 28.8. The topological polar surface area (TPSA) is 59.4 Å². The summed E-state index contributed by atoms with van der Waals surface area (Å²) in [6, 6.07) is 26.6. The van der Waals surface area contributed by atoms with Crippen LogP contribution in [0.15, 0.2) is 78.9 Å². The van der Waals surface area contributed by atoms with Gasteiger partial charge in [0.2, 0.25) is 0 Å². The van der Waals surface area contributed by atoms with Gasteiger partial charge in [-0.3, -0.25) is 4.79 Å². The number of nitrogens with zero attached hydrogens (tertiary/aromatic N) is 1. The zero-order valence-electron chi connectivity index (χ0n) is 23.2. The van der Waals surface area contributed by atoms with Crippen molar-refractivity contribution in [3.63, 3.8) is 0 Å². The summed E-state index contributed by atoms with van der Waals surface area (Å²) in [7, 11) is 0. The lowest BCUT2D eigenvalue weighted by molar-refractivity contribution is -0.145. The van der Waals surface area contributed by atoms with Gasteiger partial charge in [0.25, 0.3) is 0 Å². The lowest BCUT2D eigenvalue weighted by Crippen LogP contribution is -2.16. The van der Waals surface area contributed by atoms with Crippen LogP contribution in [0.25, 0.3) is 23.1 Å². The van der Waals surface area contributed by atoms with Crippen LogP contribution < -0.4 is 0 Å². The molecule has 0 amide bonds. The molecule has 1 N–H and O–H groups in total. The number of hydrogen-bond acceptors (Lipinski definition) is 5. The van der Waals surface area contributed by atoms with Crippen LogP contribution in [0.4, 0.5) is 0 Å². The molecule has 0 spiro atoms. The maximum absolute atomic E-state index is 12.3. The largest absolute Gasteiger partial charge is 0.452 e. The zero-order valence-corrected chi connectivity index (χ0v) is 24.9. The number of hydrogen-bond donors (Lipinski definition) is 2. The highest BCUT2D eigenvalue weighted by atomic mass is 35.5. The number of aromatic nitrogens is 1. The van der Waals surface area contributed by atoms with Gasteiger partial charge in [0.1, 0.15) is 5.44 Å². The molecular weight excluding hydrogens is 550 g/mol. The first-order valence-corrected chi connectivity index (χ1v) is 15.2. The van der Waals surface area contributed by atoms with Crippen molar-refractivity contribution in [1.29, 1.82) is 0 Å². The molecule has 3 atom stereocenters. The van der Waals surface area contributed by atoms with E-state index in [1.807, 2.05) is 49.4 Å². The Bertz CT molecular complexity index is 1530. The van der Waals surface area contributed by atoms with Gasteiger partial charge in [-0.1, -0.05) is 78.3 Å². The molecule has 0 bridgehead atoms. The molecule has 5 rings (SSSR count). The molecule has 3 aromatic carbocycles. The molecule has 1 fully saturated rings. The molecule has 0 saturated heterocycles. The van der Waals surface area contributed by atoms with Crippen molar-refractivity contribution in [1.82, 2.24) is 4.98 Å². The average Bonchev–Trinajstić information content (AvgIpc) is 3.76. The van der Waals surface area contributed by atoms with E-state index in [4.69, 9.17) is 21.3 Å². The van der Waals surface area contributed by atoms with Gasteiger partial charge in [-0.2, -0.15) is 0 Å². The van der Waals surface area contributed by atoms with Crippen LogP contribution in [0.3, 0.4) is 0 Å². The Morgan fingerprint density at radius 2 is 1.85 bits per heavy atom. The van der Waals surface area contributed by atoms with Crippen molar-refractivity contribution in [3.8, 4) is 0 Å². The summed E-state index contributed by atoms with van der Waals surface area (Å²) >= 11 is 10.8. The number of benzene rings is 3. The Balaban J connectivity index is 1.38. The Hall–Kier alpha value is -3.12. The van der Waals surface area contributed by atoms with Gasteiger partial charge in [0.15, 0.2) is 0 Å². The first-order chi connectivity index (χ1) is 19.8. The molecule has 1 aromatic heterocycles. The molecule has 1 aliphatic rings. The maximum Gasteiger partial charge on any atom is 0.307 e. The minimum atomic E-state index is -0.455. The van der Waals surface area contributed by atoms with E-state index in [0.29, 0.717) is 30.2 Å². The summed E-state index contributed by atoms with van der Waals surface area (Å²) in [6.07, 6.45) is 8.31. The molecule has 0 radical (unpaired) electrons. The first-order valence-electron chi connectivity index (χ1n) is 14.3. The predicted molar refractivity (Wildman–Crippen MR) is 171 cm³/mol. The van der Waals surface area contributed by atoms with Gasteiger partial charge >= 0.3 is 5.97 Å². The van der Waals surface area contributed by atoms with Crippen LogP contribution in [-0.2, 0) is 16.0 Å². The summed E-state index contributed by atoms with van der Waals surface area (Å²) in [6.45, 7) is 1.81. The van der Waals surface area contributed by atoms with Gasteiger partial charge in [0, 0.05) is 22.7 Å². The number of ether oxygens (including phenoxy) is 1. The van der Waals surface area contributed by atoms with E-state index in [2.05, 4.69) is 61.2 Å². The molecule has 212 valence electrons. The number of thiol groups is 1. The molecule has 0 aliphatic heterocycles. The van der Waals surface area contributed by atoms with Crippen molar-refractivity contribution < 1.29 is 14.6 Å². The Kier molecular flexibility index (Phi) is 9.81. The van der Waals surface area contributed by atoms with Crippen LogP contribution in [0.5, 0.6) is 0 Å².